The maximum atomic E-state index is 11.3. The summed E-state index contributed by atoms with van der Waals surface area (Å²) in [5, 5.41) is 4.15. The maximum absolute atomic E-state index is 11.3. The Balaban J connectivity index is 2.42. The quantitative estimate of drug-likeness (QED) is 0.873. The van der Waals surface area contributed by atoms with Gasteiger partial charge in [-0.15, -0.1) is 0 Å². The number of aryl methyl sites for hydroxylation is 2. The SMILES string of the molecule is COc1cc(Oc2c(N)c(C)nn2C)cc(C(N)=O)c1. The van der Waals surface area contributed by atoms with Crippen LogP contribution in [0.25, 0.3) is 0 Å². The molecule has 0 aliphatic rings. The first-order valence-electron chi connectivity index (χ1n) is 5.88. The summed E-state index contributed by atoms with van der Waals surface area (Å²) in [6.45, 7) is 1.78. The molecule has 0 bridgehead atoms. The summed E-state index contributed by atoms with van der Waals surface area (Å²) in [6, 6.07) is 4.69. The summed E-state index contributed by atoms with van der Waals surface area (Å²) in [7, 11) is 3.21. The molecule has 1 amide bonds. The van der Waals surface area contributed by atoms with E-state index in [1.807, 2.05) is 0 Å². The molecule has 20 heavy (non-hydrogen) atoms. The van der Waals surface area contributed by atoms with Crippen molar-refractivity contribution in [3.8, 4) is 17.4 Å². The van der Waals surface area contributed by atoms with Gasteiger partial charge in [-0.25, -0.2) is 4.68 Å². The lowest BCUT2D eigenvalue weighted by Gasteiger charge is -2.10. The number of nitrogens with two attached hydrogens (primary N) is 2. The third kappa shape index (κ3) is 2.51. The van der Waals surface area contributed by atoms with Gasteiger partial charge in [-0.1, -0.05) is 0 Å². The van der Waals surface area contributed by atoms with Gasteiger partial charge in [0.25, 0.3) is 0 Å². The molecule has 0 spiro atoms. The van der Waals surface area contributed by atoms with E-state index in [4.69, 9.17) is 20.9 Å². The van der Waals surface area contributed by atoms with Crippen LogP contribution in [0.4, 0.5) is 5.69 Å². The summed E-state index contributed by atoms with van der Waals surface area (Å²) in [5.41, 5.74) is 12.6. The Labute approximate surface area is 116 Å². The zero-order valence-electron chi connectivity index (χ0n) is 11.5. The van der Waals surface area contributed by atoms with Crippen molar-refractivity contribution in [3.05, 3.63) is 29.5 Å². The lowest BCUT2D eigenvalue weighted by molar-refractivity contribution is 0.0999. The average Bonchev–Trinajstić information content (AvgIpc) is 2.65. The molecule has 0 radical (unpaired) electrons. The van der Waals surface area contributed by atoms with Crippen LogP contribution in [0.1, 0.15) is 16.1 Å². The minimum absolute atomic E-state index is 0.289. The third-order valence-electron chi connectivity index (χ3n) is 2.83. The summed E-state index contributed by atoms with van der Waals surface area (Å²) in [6.07, 6.45) is 0. The fourth-order valence-electron chi connectivity index (χ4n) is 1.78. The molecular formula is C13H16N4O3. The van der Waals surface area contributed by atoms with E-state index in [1.54, 1.807) is 20.0 Å². The van der Waals surface area contributed by atoms with Crippen molar-refractivity contribution in [1.82, 2.24) is 9.78 Å². The molecule has 2 rings (SSSR count). The van der Waals surface area contributed by atoms with Crippen molar-refractivity contribution in [2.24, 2.45) is 12.8 Å². The van der Waals surface area contributed by atoms with Gasteiger partial charge in [0.1, 0.15) is 17.2 Å². The Kier molecular flexibility index (Phi) is 3.51. The maximum Gasteiger partial charge on any atom is 0.248 e. The van der Waals surface area contributed by atoms with Gasteiger partial charge < -0.3 is 20.9 Å². The number of hydrogen-bond donors (Lipinski definition) is 2. The lowest BCUT2D eigenvalue weighted by Crippen LogP contribution is -2.11. The van der Waals surface area contributed by atoms with Gasteiger partial charge in [-0.05, 0) is 19.1 Å². The molecule has 1 aromatic heterocycles. The Morgan fingerprint density at radius 2 is 1.95 bits per heavy atom. The minimum atomic E-state index is -0.567. The highest BCUT2D eigenvalue weighted by Crippen LogP contribution is 2.31. The first-order chi connectivity index (χ1) is 9.42. The number of benzene rings is 1. The van der Waals surface area contributed by atoms with Crippen LogP contribution in [0.3, 0.4) is 0 Å². The fourth-order valence-corrected chi connectivity index (χ4v) is 1.78. The number of methoxy groups -OCH3 is 1. The Hall–Kier alpha value is -2.70. The first kappa shape index (κ1) is 13.7. The summed E-state index contributed by atoms with van der Waals surface area (Å²) >= 11 is 0. The van der Waals surface area contributed by atoms with Crippen LogP contribution in [0.5, 0.6) is 17.4 Å². The van der Waals surface area contributed by atoms with Gasteiger partial charge in [0.05, 0.1) is 12.8 Å². The smallest absolute Gasteiger partial charge is 0.248 e. The van der Waals surface area contributed by atoms with Crippen LogP contribution in [-0.4, -0.2) is 22.8 Å². The Morgan fingerprint density at radius 3 is 2.45 bits per heavy atom. The zero-order chi connectivity index (χ0) is 14.9. The largest absolute Gasteiger partial charge is 0.497 e. The fraction of sp³-hybridized carbons (Fsp3) is 0.231. The molecule has 0 aliphatic carbocycles. The van der Waals surface area contributed by atoms with Crippen LogP contribution in [0, 0.1) is 6.92 Å². The van der Waals surface area contributed by atoms with Crippen molar-refractivity contribution in [2.75, 3.05) is 12.8 Å². The Bertz CT molecular complexity index is 664. The van der Waals surface area contributed by atoms with Crippen molar-refractivity contribution in [1.29, 1.82) is 0 Å². The normalized spacial score (nSPS) is 10.3. The number of carbonyl (C=O) groups excluding carboxylic acids is 1. The van der Waals surface area contributed by atoms with E-state index in [9.17, 15) is 4.79 Å². The number of amides is 1. The highest BCUT2D eigenvalue weighted by Gasteiger charge is 2.14. The van der Waals surface area contributed by atoms with Crippen molar-refractivity contribution < 1.29 is 14.3 Å². The molecule has 4 N–H and O–H groups in total. The second-order valence-corrected chi connectivity index (χ2v) is 4.29. The molecular weight excluding hydrogens is 260 g/mol. The summed E-state index contributed by atoms with van der Waals surface area (Å²) in [5.74, 6) is 0.690. The molecule has 0 aliphatic heterocycles. The van der Waals surface area contributed by atoms with Crippen LogP contribution in [0.15, 0.2) is 18.2 Å². The van der Waals surface area contributed by atoms with Crippen molar-refractivity contribution >= 4 is 11.6 Å². The number of anilines is 1. The molecule has 0 unspecified atom stereocenters. The topological polar surface area (TPSA) is 105 Å². The van der Waals surface area contributed by atoms with E-state index in [2.05, 4.69) is 5.10 Å². The predicted molar refractivity (Wildman–Crippen MR) is 73.9 cm³/mol. The molecule has 7 heteroatoms. The second kappa shape index (κ2) is 5.12. The average molecular weight is 276 g/mol. The number of ether oxygens (including phenoxy) is 2. The number of hydrogen-bond acceptors (Lipinski definition) is 5. The van der Waals surface area contributed by atoms with Crippen LogP contribution < -0.4 is 20.9 Å². The number of carbonyl (C=O) groups is 1. The van der Waals surface area contributed by atoms with E-state index in [0.717, 1.165) is 0 Å². The van der Waals surface area contributed by atoms with Crippen molar-refractivity contribution in [2.45, 2.75) is 6.92 Å². The highest BCUT2D eigenvalue weighted by atomic mass is 16.5. The van der Waals surface area contributed by atoms with Gasteiger partial charge in [0.15, 0.2) is 0 Å². The predicted octanol–water partition coefficient (Wildman–Crippen LogP) is 1.21. The number of nitrogens with zero attached hydrogens (tertiary/aromatic N) is 2. The molecule has 7 nitrogen and oxygen atoms in total. The van der Waals surface area contributed by atoms with Crippen molar-refractivity contribution in [3.63, 3.8) is 0 Å². The first-order valence-corrected chi connectivity index (χ1v) is 5.88. The summed E-state index contributed by atoms with van der Waals surface area (Å²) < 4.78 is 12.3. The van der Waals surface area contributed by atoms with E-state index in [0.29, 0.717) is 28.8 Å². The van der Waals surface area contributed by atoms with Gasteiger partial charge in [0, 0.05) is 18.7 Å². The van der Waals surface area contributed by atoms with Gasteiger partial charge >= 0.3 is 0 Å². The number of nitrogen functional groups attached to an aromatic ring is 1. The van der Waals surface area contributed by atoms with Gasteiger partial charge in [-0.3, -0.25) is 4.79 Å². The third-order valence-corrected chi connectivity index (χ3v) is 2.83. The number of primary amides is 1. The molecule has 0 atom stereocenters. The molecule has 0 saturated carbocycles. The zero-order valence-corrected chi connectivity index (χ0v) is 11.5. The van der Waals surface area contributed by atoms with Crippen LogP contribution >= 0.6 is 0 Å². The number of aromatic nitrogens is 2. The molecule has 1 aromatic carbocycles. The van der Waals surface area contributed by atoms with E-state index in [1.165, 1.54) is 23.9 Å². The highest BCUT2D eigenvalue weighted by molar-refractivity contribution is 5.93. The van der Waals surface area contributed by atoms with Crippen LogP contribution in [0.2, 0.25) is 0 Å². The van der Waals surface area contributed by atoms with Crippen LogP contribution in [-0.2, 0) is 7.05 Å². The lowest BCUT2D eigenvalue weighted by atomic mass is 10.2. The van der Waals surface area contributed by atoms with E-state index in [-0.39, 0.29) is 5.56 Å². The van der Waals surface area contributed by atoms with E-state index >= 15 is 0 Å². The molecule has 2 aromatic rings. The molecule has 0 fully saturated rings. The van der Waals surface area contributed by atoms with Gasteiger partial charge in [0.2, 0.25) is 11.8 Å². The second-order valence-electron chi connectivity index (χ2n) is 4.29. The minimum Gasteiger partial charge on any atom is -0.497 e. The van der Waals surface area contributed by atoms with Gasteiger partial charge in [-0.2, -0.15) is 5.10 Å². The Morgan fingerprint density at radius 1 is 1.30 bits per heavy atom. The molecule has 0 saturated heterocycles. The molecule has 1 heterocycles. The summed E-state index contributed by atoms with van der Waals surface area (Å²) in [4.78, 5) is 11.3. The molecule has 106 valence electrons. The monoisotopic (exact) mass is 276 g/mol. The number of rotatable bonds is 4. The van der Waals surface area contributed by atoms with E-state index < -0.39 is 5.91 Å². The standard InChI is InChI=1S/C13H16N4O3/c1-7-11(14)13(17(2)16-7)20-10-5-8(12(15)18)4-9(6-10)19-3/h4-6H,14H2,1-3H3,(H2,15,18).